The minimum absolute atomic E-state index is 0. The number of fused-ring (bicyclic) bond motifs is 1. The molecule has 0 bridgehead atoms. The van der Waals surface area contributed by atoms with E-state index in [1.54, 1.807) is 24.0 Å². The van der Waals surface area contributed by atoms with Crippen molar-refractivity contribution in [2.45, 2.75) is 39.5 Å². The summed E-state index contributed by atoms with van der Waals surface area (Å²) in [5.74, 6) is -0.146. The molecule has 0 fully saturated rings. The number of thiazole rings is 1. The molecule has 9 heteroatoms. The van der Waals surface area contributed by atoms with Crippen molar-refractivity contribution in [3.8, 4) is 0 Å². The van der Waals surface area contributed by atoms with Crippen LogP contribution in [0, 0.1) is 13.8 Å². The van der Waals surface area contributed by atoms with Crippen LogP contribution >= 0.6 is 23.7 Å². The highest BCUT2D eigenvalue weighted by molar-refractivity contribution is 7.91. The minimum atomic E-state index is -3.31. The largest absolute Gasteiger partial charge is 0.302 e. The molecule has 0 radical (unpaired) electrons. The highest BCUT2D eigenvalue weighted by atomic mass is 35.5. The number of carbonyl (C=O) groups excluding carboxylic acids is 1. The molecule has 33 heavy (non-hydrogen) atoms. The van der Waals surface area contributed by atoms with E-state index in [-0.39, 0.29) is 29.0 Å². The zero-order valence-electron chi connectivity index (χ0n) is 19.8. The monoisotopic (exact) mass is 509 g/mol. The summed E-state index contributed by atoms with van der Waals surface area (Å²) < 4.78 is 25.4. The number of benzene rings is 2. The van der Waals surface area contributed by atoms with Gasteiger partial charge in [0, 0.05) is 18.7 Å². The standard InChI is InChI=1S/C24H31N3O3S2.ClH/c1-6-26(7-2)15-16-27(24-25-21-17(4)9-10-18(5)22(21)31-24)23(28)19-11-13-20(14-12-19)32(29,30)8-3;/h9-14H,6-8,15-16H2,1-5H3;1H. The third-order valence-electron chi connectivity index (χ3n) is 5.78. The number of carbonyl (C=O) groups is 1. The highest BCUT2D eigenvalue weighted by Crippen LogP contribution is 2.33. The van der Waals surface area contributed by atoms with Crippen LogP contribution < -0.4 is 4.90 Å². The third-order valence-corrected chi connectivity index (χ3v) is 8.75. The van der Waals surface area contributed by atoms with Gasteiger partial charge in [-0.15, -0.1) is 12.4 Å². The lowest BCUT2D eigenvalue weighted by Gasteiger charge is -2.24. The van der Waals surface area contributed by atoms with Crippen molar-refractivity contribution in [2.24, 2.45) is 0 Å². The first-order valence-electron chi connectivity index (χ1n) is 11.0. The van der Waals surface area contributed by atoms with E-state index in [9.17, 15) is 13.2 Å². The average molecular weight is 510 g/mol. The van der Waals surface area contributed by atoms with Crippen LogP contribution in [0.5, 0.6) is 0 Å². The van der Waals surface area contributed by atoms with Gasteiger partial charge in [-0.3, -0.25) is 9.69 Å². The Balaban J connectivity index is 0.00000385. The van der Waals surface area contributed by atoms with Crippen molar-refractivity contribution in [3.63, 3.8) is 0 Å². The number of amides is 1. The molecular weight excluding hydrogens is 478 g/mol. The molecule has 0 aliphatic rings. The SMILES string of the molecule is CCN(CC)CCN(C(=O)c1ccc(S(=O)(=O)CC)cc1)c1nc2c(C)ccc(C)c2s1.Cl. The Kier molecular flexibility index (Phi) is 9.43. The molecule has 0 unspecified atom stereocenters. The number of nitrogens with zero attached hydrogens (tertiary/aromatic N) is 3. The van der Waals surface area contributed by atoms with Crippen LogP contribution in [0.2, 0.25) is 0 Å². The zero-order valence-corrected chi connectivity index (χ0v) is 22.2. The van der Waals surface area contributed by atoms with Gasteiger partial charge in [0.2, 0.25) is 0 Å². The first-order valence-corrected chi connectivity index (χ1v) is 13.4. The molecule has 0 aliphatic heterocycles. The minimum Gasteiger partial charge on any atom is -0.302 e. The lowest BCUT2D eigenvalue weighted by molar-refractivity contribution is 0.0983. The number of sulfone groups is 1. The molecule has 1 aromatic heterocycles. The Bertz CT molecular complexity index is 1160. The van der Waals surface area contributed by atoms with Crippen molar-refractivity contribution < 1.29 is 13.2 Å². The Morgan fingerprint density at radius 3 is 2.09 bits per heavy atom. The number of hydrogen-bond acceptors (Lipinski definition) is 6. The van der Waals surface area contributed by atoms with E-state index < -0.39 is 9.84 Å². The van der Waals surface area contributed by atoms with E-state index in [4.69, 9.17) is 4.98 Å². The molecule has 180 valence electrons. The Morgan fingerprint density at radius 1 is 0.939 bits per heavy atom. The Morgan fingerprint density at radius 2 is 1.55 bits per heavy atom. The van der Waals surface area contributed by atoms with E-state index >= 15 is 0 Å². The first kappa shape index (κ1) is 27.2. The van der Waals surface area contributed by atoms with E-state index in [2.05, 4.69) is 37.8 Å². The fraction of sp³-hybridized carbons (Fsp3) is 0.417. The normalized spacial score (nSPS) is 11.6. The molecule has 0 aliphatic carbocycles. The summed E-state index contributed by atoms with van der Waals surface area (Å²) in [6, 6.07) is 10.4. The van der Waals surface area contributed by atoms with Crippen LogP contribution in [-0.2, 0) is 9.84 Å². The zero-order chi connectivity index (χ0) is 23.5. The van der Waals surface area contributed by atoms with Crippen molar-refractivity contribution >= 4 is 54.8 Å². The second-order valence-electron chi connectivity index (χ2n) is 7.79. The lowest BCUT2D eigenvalue weighted by Crippen LogP contribution is -2.38. The molecule has 2 aromatic carbocycles. The summed E-state index contributed by atoms with van der Waals surface area (Å²) in [5.41, 5.74) is 3.60. The maximum Gasteiger partial charge on any atom is 0.260 e. The molecule has 1 amide bonds. The molecule has 0 N–H and O–H groups in total. The second-order valence-corrected chi connectivity index (χ2v) is 11.0. The summed E-state index contributed by atoms with van der Waals surface area (Å²) in [6.07, 6.45) is 0. The van der Waals surface area contributed by atoms with Crippen LogP contribution in [0.15, 0.2) is 41.3 Å². The van der Waals surface area contributed by atoms with E-state index in [0.29, 0.717) is 17.2 Å². The van der Waals surface area contributed by atoms with E-state index in [0.717, 1.165) is 41.0 Å². The fourth-order valence-electron chi connectivity index (χ4n) is 3.56. The summed E-state index contributed by atoms with van der Waals surface area (Å²) >= 11 is 1.53. The molecule has 1 heterocycles. The van der Waals surface area contributed by atoms with Crippen molar-refractivity contribution in [2.75, 3.05) is 36.8 Å². The molecule has 0 saturated heterocycles. The van der Waals surface area contributed by atoms with Gasteiger partial charge in [-0.05, 0) is 62.3 Å². The van der Waals surface area contributed by atoms with Gasteiger partial charge in [0.05, 0.1) is 20.9 Å². The van der Waals surface area contributed by atoms with Crippen LogP contribution in [0.1, 0.15) is 42.3 Å². The van der Waals surface area contributed by atoms with E-state index in [1.165, 1.54) is 23.5 Å². The number of anilines is 1. The average Bonchev–Trinajstić information content (AvgIpc) is 3.25. The molecular formula is C24H32ClN3O3S2. The third kappa shape index (κ3) is 5.93. The Hall–Kier alpha value is -2.00. The van der Waals surface area contributed by atoms with E-state index in [1.807, 2.05) is 6.92 Å². The number of hydrogen-bond donors (Lipinski definition) is 0. The molecule has 3 aromatic rings. The number of rotatable bonds is 9. The fourth-order valence-corrected chi connectivity index (χ4v) is 5.58. The lowest BCUT2D eigenvalue weighted by atomic mass is 10.1. The number of aromatic nitrogens is 1. The van der Waals surface area contributed by atoms with Crippen LogP contribution in [0.4, 0.5) is 5.13 Å². The van der Waals surface area contributed by atoms with Gasteiger partial charge in [-0.25, -0.2) is 13.4 Å². The molecule has 3 rings (SSSR count). The van der Waals surface area contributed by atoms with Gasteiger partial charge in [-0.2, -0.15) is 0 Å². The van der Waals surface area contributed by atoms with Gasteiger partial charge < -0.3 is 4.90 Å². The van der Waals surface area contributed by atoms with Gasteiger partial charge in [-0.1, -0.05) is 44.2 Å². The highest BCUT2D eigenvalue weighted by Gasteiger charge is 2.23. The number of aryl methyl sites for hydroxylation is 2. The van der Waals surface area contributed by atoms with Crippen LogP contribution in [-0.4, -0.2) is 56.1 Å². The molecule has 0 saturated carbocycles. The van der Waals surface area contributed by atoms with Crippen molar-refractivity contribution in [1.29, 1.82) is 0 Å². The smallest absolute Gasteiger partial charge is 0.260 e. The summed E-state index contributed by atoms with van der Waals surface area (Å²) in [4.78, 5) is 22.6. The number of halogens is 1. The van der Waals surface area contributed by atoms with Crippen molar-refractivity contribution in [1.82, 2.24) is 9.88 Å². The summed E-state index contributed by atoms with van der Waals surface area (Å²) in [5, 5.41) is 0.666. The molecule has 6 nitrogen and oxygen atoms in total. The predicted octanol–water partition coefficient (Wildman–Crippen LogP) is 5.12. The summed E-state index contributed by atoms with van der Waals surface area (Å²) in [7, 11) is -3.31. The van der Waals surface area contributed by atoms with Crippen molar-refractivity contribution in [3.05, 3.63) is 53.1 Å². The number of likely N-dealkylation sites (N-methyl/N-ethyl adjacent to an activating group) is 1. The molecule has 0 atom stereocenters. The molecule has 0 spiro atoms. The first-order chi connectivity index (χ1) is 15.2. The summed E-state index contributed by atoms with van der Waals surface area (Å²) in [6.45, 7) is 12.9. The quantitative estimate of drug-likeness (QED) is 0.400. The van der Waals surface area contributed by atoms with Gasteiger partial charge in [0.15, 0.2) is 15.0 Å². The topological polar surface area (TPSA) is 70.6 Å². The van der Waals surface area contributed by atoms with Gasteiger partial charge >= 0.3 is 0 Å². The van der Waals surface area contributed by atoms with Crippen LogP contribution in [0.25, 0.3) is 10.2 Å². The maximum absolute atomic E-state index is 13.5. The predicted molar refractivity (Wildman–Crippen MR) is 140 cm³/mol. The Labute approximate surface area is 207 Å². The second kappa shape index (κ2) is 11.4. The van der Waals surface area contributed by atoms with Gasteiger partial charge in [0.1, 0.15) is 0 Å². The van der Waals surface area contributed by atoms with Crippen LogP contribution in [0.3, 0.4) is 0 Å². The maximum atomic E-state index is 13.5. The van der Waals surface area contributed by atoms with Gasteiger partial charge in [0.25, 0.3) is 5.91 Å².